The Bertz CT molecular complexity index is 500. The van der Waals surface area contributed by atoms with Crippen molar-refractivity contribution in [2.24, 2.45) is 0 Å². The molecule has 18 heavy (non-hydrogen) atoms. The minimum Gasteiger partial charge on any atom is -0.476 e. The van der Waals surface area contributed by atoms with E-state index in [1.54, 1.807) is 0 Å². The Kier molecular flexibility index (Phi) is 3.24. The molecule has 0 unspecified atom stereocenters. The summed E-state index contributed by atoms with van der Waals surface area (Å²) < 4.78 is 0. The summed E-state index contributed by atoms with van der Waals surface area (Å²) in [5, 5.41) is 8.74. The van der Waals surface area contributed by atoms with Gasteiger partial charge in [0.05, 0.1) is 0 Å². The topological polar surface area (TPSA) is 54.4 Å². The van der Waals surface area contributed by atoms with Crippen LogP contribution in [0.3, 0.4) is 0 Å². The van der Waals surface area contributed by atoms with Crippen LogP contribution in [-0.4, -0.2) is 16.9 Å². The van der Waals surface area contributed by atoms with E-state index in [0.717, 1.165) is 24.8 Å². The molecular weight excluding hydrogens is 228 g/mol. The number of Topliss-reactive ketones (excluding diaryl/α,β-unsaturated/α-hetero) is 1. The van der Waals surface area contributed by atoms with Crippen molar-refractivity contribution in [2.75, 3.05) is 0 Å². The van der Waals surface area contributed by atoms with Gasteiger partial charge in [-0.15, -0.1) is 0 Å². The molecule has 1 aliphatic rings. The molecule has 2 rings (SSSR count). The second-order valence-corrected chi connectivity index (χ2v) is 5.59. The molecule has 3 nitrogen and oxygen atoms in total. The van der Waals surface area contributed by atoms with Crippen molar-refractivity contribution in [2.45, 2.75) is 44.9 Å². The molecule has 1 aromatic rings. The Morgan fingerprint density at radius 3 is 2.67 bits per heavy atom. The van der Waals surface area contributed by atoms with E-state index in [2.05, 4.69) is 6.07 Å². The maximum Gasteiger partial charge on any atom is 0.372 e. The number of carbonyl (C=O) groups excluding carboxylic acids is 1. The van der Waals surface area contributed by atoms with Crippen molar-refractivity contribution >= 4 is 11.8 Å². The summed E-state index contributed by atoms with van der Waals surface area (Å²) in [5.41, 5.74) is 3.39. The summed E-state index contributed by atoms with van der Waals surface area (Å²) in [6, 6.07) is 6.16. The molecule has 0 aromatic heterocycles. The Morgan fingerprint density at radius 2 is 2.00 bits per heavy atom. The lowest BCUT2D eigenvalue weighted by molar-refractivity contribution is -0.149. The molecule has 1 N–H and O–H groups in total. The molecule has 0 bridgehead atoms. The fourth-order valence-electron chi connectivity index (χ4n) is 2.83. The first-order valence-electron chi connectivity index (χ1n) is 6.29. The number of ketones is 1. The summed E-state index contributed by atoms with van der Waals surface area (Å²) in [4.78, 5) is 22.1. The van der Waals surface area contributed by atoms with Gasteiger partial charge in [-0.1, -0.05) is 32.0 Å². The van der Waals surface area contributed by atoms with Gasteiger partial charge in [-0.2, -0.15) is 0 Å². The van der Waals surface area contributed by atoms with Gasteiger partial charge >= 0.3 is 5.97 Å². The van der Waals surface area contributed by atoms with Gasteiger partial charge in [0.2, 0.25) is 5.78 Å². The molecule has 96 valence electrons. The average molecular weight is 246 g/mol. The minimum absolute atomic E-state index is 0.0544. The van der Waals surface area contributed by atoms with Crippen LogP contribution in [0.2, 0.25) is 0 Å². The molecule has 1 aliphatic carbocycles. The van der Waals surface area contributed by atoms with E-state index < -0.39 is 17.2 Å². The molecule has 0 saturated heterocycles. The van der Waals surface area contributed by atoms with Crippen LogP contribution in [0.4, 0.5) is 0 Å². The molecule has 0 heterocycles. The second kappa shape index (κ2) is 4.56. The smallest absolute Gasteiger partial charge is 0.372 e. The van der Waals surface area contributed by atoms with Crippen molar-refractivity contribution in [1.82, 2.24) is 0 Å². The molecule has 0 fully saturated rings. The zero-order valence-electron chi connectivity index (χ0n) is 10.8. The van der Waals surface area contributed by atoms with Gasteiger partial charge in [-0.3, -0.25) is 4.79 Å². The highest BCUT2D eigenvalue weighted by Crippen LogP contribution is 2.35. The number of carboxylic acids is 1. The Labute approximate surface area is 107 Å². The number of hydrogen-bond acceptors (Lipinski definition) is 2. The van der Waals surface area contributed by atoms with Gasteiger partial charge < -0.3 is 5.11 Å². The number of aliphatic carboxylic acids is 1. The van der Waals surface area contributed by atoms with Gasteiger partial charge in [0, 0.05) is 6.42 Å². The maximum absolute atomic E-state index is 11.4. The third kappa shape index (κ3) is 2.30. The van der Waals surface area contributed by atoms with Crippen LogP contribution >= 0.6 is 0 Å². The molecule has 0 atom stereocenters. The molecule has 0 radical (unpaired) electrons. The zero-order valence-corrected chi connectivity index (χ0v) is 10.8. The lowest BCUT2D eigenvalue weighted by Crippen LogP contribution is -2.27. The molecule has 0 saturated carbocycles. The van der Waals surface area contributed by atoms with Crippen LogP contribution in [0.1, 0.15) is 43.4 Å². The van der Waals surface area contributed by atoms with E-state index in [1.165, 1.54) is 11.1 Å². The van der Waals surface area contributed by atoms with Crippen molar-refractivity contribution in [3.8, 4) is 0 Å². The van der Waals surface area contributed by atoms with Crippen molar-refractivity contribution in [1.29, 1.82) is 0 Å². The molecule has 1 aromatic carbocycles. The van der Waals surface area contributed by atoms with Gasteiger partial charge in [-0.25, -0.2) is 4.79 Å². The molecule has 3 heteroatoms. The average Bonchev–Trinajstić information content (AvgIpc) is 2.75. The van der Waals surface area contributed by atoms with Crippen LogP contribution in [-0.2, 0) is 27.8 Å². The highest BCUT2D eigenvalue weighted by molar-refractivity contribution is 6.32. The normalized spacial score (nSPS) is 14.3. The van der Waals surface area contributed by atoms with E-state index in [0.29, 0.717) is 0 Å². The number of fused-ring (bicyclic) bond motifs is 1. The monoisotopic (exact) mass is 246 g/mol. The van der Waals surface area contributed by atoms with E-state index in [9.17, 15) is 9.59 Å². The first-order valence-corrected chi connectivity index (χ1v) is 6.29. The summed E-state index contributed by atoms with van der Waals surface area (Å²) in [6.45, 7) is 3.89. The van der Waals surface area contributed by atoms with Crippen molar-refractivity contribution < 1.29 is 14.7 Å². The Morgan fingerprint density at radius 1 is 1.28 bits per heavy atom. The summed E-state index contributed by atoms with van der Waals surface area (Å²) in [5.74, 6) is -2.05. The van der Waals surface area contributed by atoms with E-state index in [-0.39, 0.29) is 6.42 Å². The SMILES string of the molecule is CC(C)(CC(=O)C(=O)O)c1cccc2c1CCC2. The zero-order chi connectivity index (χ0) is 13.3. The standard InChI is InChI=1S/C15H18O3/c1-15(2,9-13(16)14(17)18)12-8-4-6-10-5-3-7-11(10)12/h4,6,8H,3,5,7,9H2,1-2H3,(H,17,18). The lowest BCUT2D eigenvalue weighted by Gasteiger charge is -2.26. The minimum atomic E-state index is -1.34. The largest absolute Gasteiger partial charge is 0.476 e. The molecular formula is C15H18O3. The predicted octanol–water partition coefficient (Wildman–Crippen LogP) is 2.50. The fourth-order valence-corrected chi connectivity index (χ4v) is 2.83. The van der Waals surface area contributed by atoms with Gasteiger partial charge in [0.1, 0.15) is 0 Å². The van der Waals surface area contributed by atoms with Crippen LogP contribution in [0.15, 0.2) is 18.2 Å². The highest BCUT2D eigenvalue weighted by Gasteiger charge is 2.30. The highest BCUT2D eigenvalue weighted by atomic mass is 16.4. The molecule has 0 amide bonds. The number of hydrogen-bond donors (Lipinski definition) is 1. The summed E-state index contributed by atoms with van der Waals surface area (Å²) in [7, 11) is 0. The maximum atomic E-state index is 11.4. The first-order chi connectivity index (χ1) is 8.42. The number of benzene rings is 1. The summed E-state index contributed by atoms with van der Waals surface area (Å²) in [6.07, 6.45) is 3.33. The van der Waals surface area contributed by atoms with Gasteiger partial charge in [0.25, 0.3) is 0 Å². The van der Waals surface area contributed by atoms with E-state index >= 15 is 0 Å². The van der Waals surface area contributed by atoms with Crippen LogP contribution < -0.4 is 0 Å². The Hall–Kier alpha value is -1.64. The van der Waals surface area contributed by atoms with E-state index in [1.807, 2.05) is 26.0 Å². The quantitative estimate of drug-likeness (QED) is 0.830. The predicted molar refractivity (Wildman–Crippen MR) is 68.8 cm³/mol. The number of carbonyl (C=O) groups is 2. The van der Waals surface area contributed by atoms with Gasteiger partial charge in [-0.05, 0) is 41.4 Å². The van der Waals surface area contributed by atoms with Crippen LogP contribution in [0, 0.1) is 0 Å². The van der Waals surface area contributed by atoms with Crippen LogP contribution in [0.25, 0.3) is 0 Å². The Balaban J connectivity index is 2.33. The number of rotatable bonds is 4. The third-order valence-electron chi connectivity index (χ3n) is 3.72. The molecule has 0 aliphatic heterocycles. The van der Waals surface area contributed by atoms with Crippen molar-refractivity contribution in [3.05, 3.63) is 34.9 Å². The second-order valence-electron chi connectivity index (χ2n) is 5.59. The first kappa shape index (κ1) is 12.8. The number of aryl methyl sites for hydroxylation is 1. The van der Waals surface area contributed by atoms with Crippen molar-refractivity contribution in [3.63, 3.8) is 0 Å². The third-order valence-corrected chi connectivity index (χ3v) is 3.72. The number of carboxylic acid groups (broad SMARTS) is 1. The lowest BCUT2D eigenvalue weighted by atomic mass is 9.77. The fraction of sp³-hybridized carbons (Fsp3) is 0.467. The van der Waals surface area contributed by atoms with E-state index in [4.69, 9.17) is 5.11 Å². The van der Waals surface area contributed by atoms with Gasteiger partial charge in [0.15, 0.2) is 0 Å². The molecule has 0 spiro atoms. The van der Waals surface area contributed by atoms with Crippen LogP contribution in [0.5, 0.6) is 0 Å². The summed E-state index contributed by atoms with van der Waals surface area (Å²) >= 11 is 0.